The number of aromatic amines is 1. The quantitative estimate of drug-likeness (QED) is 0.480. The zero-order chi connectivity index (χ0) is 15.0. The standard InChI is InChI=1S/C11H20N4O4S/c1-15(9-5-11(16)19-2)20(17,18)14-6-3-4-10-12-7-8-13-10/h7-8,14H,3-6,9H2,1-2H3,(H,12,13). The lowest BCUT2D eigenvalue weighted by Crippen LogP contribution is -2.39. The van der Waals surface area contributed by atoms with Gasteiger partial charge in [-0.05, 0) is 6.42 Å². The fourth-order valence-electron chi connectivity index (χ4n) is 1.47. The Hall–Kier alpha value is -1.45. The normalized spacial score (nSPS) is 11.8. The molecule has 114 valence electrons. The van der Waals surface area contributed by atoms with Gasteiger partial charge < -0.3 is 9.72 Å². The largest absolute Gasteiger partial charge is 0.469 e. The van der Waals surface area contributed by atoms with Crippen LogP contribution in [0.2, 0.25) is 0 Å². The summed E-state index contributed by atoms with van der Waals surface area (Å²) < 4.78 is 31.7. The van der Waals surface area contributed by atoms with Crippen molar-refractivity contribution in [3.8, 4) is 0 Å². The minimum atomic E-state index is -3.56. The second-order valence-corrected chi connectivity index (χ2v) is 6.05. The number of H-pyrrole nitrogens is 1. The Balaban J connectivity index is 2.27. The minimum absolute atomic E-state index is 0.0281. The summed E-state index contributed by atoms with van der Waals surface area (Å²) in [5.41, 5.74) is 0. The van der Waals surface area contributed by atoms with E-state index < -0.39 is 16.2 Å². The van der Waals surface area contributed by atoms with Crippen LogP contribution in [0.25, 0.3) is 0 Å². The summed E-state index contributed by atoms with van der Waals surface area (Å²) in [5, 5.41) is 0. The van der Waals surface area contributed by atoms with Gasteiger partial charge in [-0.25, -0.2) is 9.71 Å². The maximum Gasteiger partial charge on any atom is 0.306 e. The van der Waals surface area contributed by atoms with Gasteiger partial charge in [0.15, 0.2) is 0 Å². The number of hydrogen-bond acceptors (Lipinski definition) is 5. The topological polar surface area (TPSA) is 104 Å². The van der Waals surface area contributed by atoms with E-state index in [9.17, 15) is 13.2 Å². The van der Waals surface area contributed by atoms with Crippen LogP contribution in [0.15, 0.2) is 12.4 Å². The van der Waals surface area contributed by atoms with E-state index in [0.29, 0.717) is 19.4 Å². The van der Waals surface area contributed by atoms with Gasteiger partial charge in [-0.2, -0.15) is 12.7 Å². The maximum absolute atomic E-state index is 11.8. The Bertz CT molecular complexity index is 501. The molecule has 0 aliphatic carbocycles. The minimum Gasteiger partial charge on any atom is -0.469 e. The molecule has 0 spiro atoms. The molecule has 0 atom stereocenters. The molecule has 0 aromatic carbocycles. The molecule has 0 amide bonds. The zero-order valence-corrected chi connectivity index (χ0v) is 12.4. The van der Waals surface area contributed by atoms with Crippen molar-refractivity contribution < 1.29 is 17.9 Å². The summed E-state index contributed by atoms with van der Waals surface area (Å²) in [5.74, 6) is 0.383. The van der Waals surface area contributed by atoms with E-state index in [1.54, 1.807) is 12.4 Å². The van der Waals surface area contributed by atoms with Gasteiger partial charge in [0.2, 0.25) is 0 Å². The van der Waals surface area contributed by atoms with Crippen LogP contribution in [-0.2, 0) is 26.2 Å². The number of nitrogens with zero attached hydrogens (tertiary/aromatic N) is 2. The maximum atomic E-state index is 11.8. The third-order valence-electron chi connectivity index (χ3n) is 2.70. The highest BCUT2D eigenvalue weighted by Gasteiger charge is 2.17. The van der Waals surface area contributed by atoms with Crippen LogP contribution in [0.4, 0.5) is 0 Å². The molecular formula is C11H20N4O4S. The van der Waals surface area contributed by atoms with Gasteiger partial charge in [0.1, 0.15) is 5.82 Å². The van der Waals surface area contributed by atoms with Crippen molar-refractivity contribution in [2.45, 2.75) is 19.3 Å². The molecule has 1 heterocycles. The van der Waals surface area contributed by atoms with E-state index in [0.717, 1.165) is 10.1 Å². The van der Waals surface area contributed by atoms with Crippen molar-refractivity contribution >= 4 is 16.2 Å². The number of aryl methyl sites for hydroxylation is 1. The molecule has 0 radical (unpaired) electrons. The molecule has 1 rings (SSSR count). The van der Waals surface area contributed by atoms with E-state index in [2.05, 4.69) is 19.4 Å². The first kappa shape index (κ1) is 16.6. The number of methoxy groups -OCH3 is 1. The average Bonchev–Trinajstić information content (AvgIpc) is 2.93. The molecule has 9 heteroatoms. The average molecular weight is 304 g/mol. The number of carbonyl (C=O) groups is 1. The van der Waals surface area contributed by atoms with Gasteiger partial charge in [0.05, 0.1) is 13.5 Å². The van der Waals surface area contributed by atoms with Crippen molar-refractivity contribution in [2.24, 2.45) is 0 Å². The van der Waals surface area contributed by atoms with Gasteiger partial charge in [-0.15, -0.1) is 0 Å². The van der Waals surface area contributed by atoms with E-state index in [-0.39, 0.29) is 13.0 Å². The van der Waals surface area contributed by atoms with E-state index >= 15 is 0 Å². The van der Waals surface area contributed by atoms with Crippen LogP contribution in [0.5, 0.6) is 0 Å². The lowest BCUT2D eigenvalue weighted by Gasteiger charge is -2.16. The highest BCUT2D eigenvalue weighted by molar-refractivity contribution is 7.87. The van der Waals surface area contributed by atoms with Crippen LogP contribution >= 0.6 is 0 Å². The smallest absolute Gasteiger partial charge is 0.306 e. The number of ether oxygens (including phenoxy) is 1. The summed E-state index contributed by atoms with van der Waals surface area (Å²) in [7, 11) is -0.878. The molecule has 2 N–H and O–H groups in total. The Morgan fingerprint density at radius 3 is 2.90 bits per heavy atom. The van der Waals surface area contributed by atoms with Crippen molar-refractivity contribution in [3.63, 3.8) is 0 Å². The van der Waals surface area contributed by atoms with E-state index in [4.69, 9.17) is 0 Å². The third kappa shape index (κ3) is 5.68. The van der Waals surface area contributed by atoms with Crippen LogP contribution in [0, 0.1) is 0 Å². The molecular weight excluding hydrogens is 284 g/mol. The number of hydrogen-bond donors (Lipinski definition) is 2. The monoisotopic (exact) mass is 304 g/mol. The molecule has 0 saturated heterocycles. The van der Waals surface area contributed by atoms with E-state index in [1.165, 1.54) is 14.2 Å². The van der Waals surface area contributed by atoms with Crippen molar-refractivity contribution in [3.05, 3.63) is 18.2 Å². The number of esters is 1. The fraction of sp³-hybridized carbons (Fsp3) is 0.636. The fourth-order valence-corrected chi connectivity index (χ4v) is 2.43. The third-order valence-corrected chi connectivity index (χ3v) is 4.27. The molecule has 0 bridgehead atoms. The van der Waals surface area contributed by atoms with Gasteiger partial charge >= 0.3 is 5.97 Å². The molecule has 0 aliphatic heterocycles. The second kappa shape index (κ2) is 7.98. The van der Waals surface area contributed by atoms with Gasteiger partial charge in [0, 0.05) is 39.0 Å². The first-order chi connectivity index (χ1) is 9.45. The molecule has 1 aromatic heterocycles. The first-order valence-electron chi connectivity index (χ1n) is 6.21. The summed E-state index contributed by atoms with van der Waals surface area (Å²) in [6.45, 7) is 0.395. The summed E-state index contributed by atoms with van der Waals surface area (Å²) in [6, 6.07) is 0. The first-order valence-corrected chi connectivity index (χ1v) is 7.65. The number of aromatic nitrogens is 2. The van der Waals surface area contributed by atoms with Crippen LogP contribution in [0.3, 0.4) is 0 Å². The molecule has 0 aliphatic rings. The SMILES string of the molecule is COC(=O)CCN(C)S(=O)(=O)NCCCc1ncc[nH]1. The Kier molecular flexibility index (Phi) is 6.62. The molecule has 0 fully saturated rings. The summed E-state index contributed by atoms with van der Waals surface area (Å²) >= 11 is 0. The molecule has 20 heavy (non-hydrogen) atoms. The highest BCUT2D eigenvalue weighted by atomic mass is 32.2. The zero-order valence-electron chi connectivity index (χ0n) is 11.6. The lowest BCUT2D eigenvalue weighted by atomic mass is 10.3. The van der Waals surface area contributed by atoms with Gasteiger partial charge in [-0.1, -0.05) is 0 Å². The predicted molar refractivity (Wildman–Crippen MR) is 73.1 cm³/mol. The molecule has 1 aromatic rings. The summed E-state index contributed by atoms with van der Waals surface area (Å²) in [4.78, 5) is 18.0. The Morgan fingerprint density at radius 1 is 1.55 bits per heavy atom. The Morgan fingerprint density at radius 2 is 2.30 bits per heavy atom. The van der Waals surface area contributed by atoms with Gasteiger partial charge in [-0.3, -0.25) is 4.79 Å². The predicted octanol–water partition coefficient (Wildman–Crippen LogP) is -0.328. The number of carbonyl (C=O) groups excluding carboxylic acids is 1. The second-order valence-electron chi connectivity index (χ2n) is 4.19. The number of imidazole rings is 1. The number of nitrogens with one attached hydrogen (secondary N) is 2. The summed E-state index contributed by atoms with van der Waals surface area (Å²) in [6.07, 6.45) is 4.71. The van der Waals surface area contributed by atoms with Crippen LogP contribution in [-0.4, -0.2) is 55.9 Å². The molecule has 8 nitrogen and oxygen atoms in total. The number of rotatable bonds is 9. The van der Waals surface area contributed by atoms with Crippen molar-refractivity contribution in [2.75, 3.05) is 27.2 Å². The molecule has 0 unspecified atom stereocenters. The van der Waals surface area contributed by atoms with Crippen LogP contribution in [0.1, 0.15) is 18.7 Å². The highest BCUT2D eigenvalue weighted by Crippen LogP contribution is 1.99. The lowest BCUT2D eigenvalue weighted by molar-refractivity contribution is -0.140. The van der Waals surface area contributed by atoms with Crippen LogP contribution < -0.4 is 4.72 Å². The van der Waals surface area contributed by atoms with Crippen molar-refractivity contribution in [1.82, 2.24) is 19.0 Å². The van der Waals surface area contributed by atoms with E-state index in [1.807, 2.05) is 0 Å². The van der Waals surface area contributed by atoms with Gasteiger partial charge in [0.25, 0.3) is 10.2 Å². The van der Waals surface area contributed by atoms with Crippen molar-refractivity contribution in [1.29, 1.82) is 0 Å². The Labute approximate surface area is 118 Å². The molecule has 0 saturated carbocycles.